The average molecular weight is 362 g/mol. The minimum Gasteiger partial charge on any atom is -0.347 e. The molecule has 1 aromatic heterocycles. The molecule has 2 aromatic carbocycles. The lowest BCUT2D eigenvalue weighted by Gasteiger charge is -2.35. The van der Waals surface area contributed by atoms with Gasteiger partial charge in [0.05, 0.1) is 4.92 Å². The Kier molecular flexibility index (Phi) is 4.42. The largest absolute Gasteiger partial charge is 0.347 e. The molecule has 2 heterocycles. The van der Waals surface area contributed by atoms with Crippen molar-refractivity contribution in [2.45, 2.75) is 0 Å². The van der Waals surface area contributed by atoms with Gasteiger partial charge in [-0.2, -0.15) is 0 Å². The van der Waals surface area contributed by atoms with Gasteiger partial charge in [0.2, 0.25) is 5.82 Å². The number of aromatic nitrogens is 1. The standard InChI is InChI=1S/C20H18N4O3/c25-20(17-8-7-15-4-1-2-5-16(15)14-17)23-12-10-22(11-13-23)19-18(24(26)27)6-3-9-21-19/h1-9,14H,10-13H2. The molecule has 3 aromatic rings. The van der Waals surface area contributed by atoms with E-state index in [0.29, 0.717) is 37.6 Å². The molecule has 7 nitrogen and oxygen atoms in total. The topological polar surface area (TPSA) is 79.6 Å². The molecule has 1 aliphatic rings. The van der Waals surface area contributed by atoms with Crippen molar-refractivity contribution in [1.82, 2.24) is 9.88 Å². The molecule has 4 rings (SSSR count). The first kappa shape index (κ1) is 17.0. The predicted octanol–water partition coefficient (Wildman–Crippen LogP) is 3.11. The van der Waals surface area contributed by atoms with E-state index in [9.17, 15) is 14.9 Å². The Balaban J connectivity index is 1.49. The normalized spacial score (nSPS) is 14.4. The maximum Gasteiger partial charge on any atom is 0.311 e. The second kappa shape index (κ2) is 7.03. The minimum absolute atomic E-state index is 0.00759. The monoisotopic (exact) mass is 362 g/mol. The van der Waals surface area contributed by atoms with Crippen molar-refractivity contribution in [2.75, 3.05) is 31.1 Å². The molecule has 136 valence electrons. The zero-order valence-electron chi connectivity index (χ0n) is 14.6. The molecule has 1 fully saturated rings. The van der Waals surface area contributed by atoms with E-state index in [0.717, 1.165) is 10.8 Å². The highest BCUT2D eigenvalue weighted by atomic mass is 16.6. The number of amides is 1. The van der Waals surface area contributed by atoms with E-state index >= 15 is 0 Å². The fraction of sp³-hybridized carbons (Fsp3) is 0.200. The van der Waals surface area contributed by atoms with Crippen LogP contribution in [-0.4, -0.2) is 46.9 Å². The van der Waals surface area contributed by atoms with E-state index < -0.39 is 4.92 Å². The van der Waals surface area contributed by atoms with E-state index in [1.54, 1.807) is 17.2 Å². The number of hydrogen-bond donors (Lipinski definition) is 0. The molecule has 1 aliphatic heterocycles. The zero-order valence-corrected chi connectivity index (χ0v) is 14.6. The Morgan fingerprint density at radius 3 is 2.44 bits per heavy atom. The van der Waals surface area contributed by atoms with Crippen molar-refractivity contribution in [3.63, 3.8) is 0 Å². The maximum absolute atomic E-state index is 12.8. The van der Waals surface area contributed by atoms with Crippen LogP contribution in [0, 0.1) is 10.1 Å². The molecule has 0 bridgehead atoms. The number of carbonyl (C=O) groups excluding carboxylic acids is 1. The van der Waals surface area contributed by atoms with Crippen LogP contribution < -0.4 is 4.90 Å². The van der Waals surface area contributed by atoms with Crippen molar-refractivity contribution in [3.8, 4) is 0 Å². The van der Waals surface area contributed by atoms with E-state index in [1.165, 1.54) is 6.07 Å². The third-order valence-corrected chi connectivity index (χ3v) is 4.83. The Labute approximate surface area is 156 Å². The molecule has 7 heteroatoms. The van der Waals surface area contributed by atoms with Crippen LogP contribution in [-0.2, 0) is 0 Å². The van der Waals surface area contributed by atoms with Gasteiger partial charge in [-0.05, 0) is 29.0 Å². The van der Waals surface area contributed by atoms with Gasteiger partial charge in [0.25, 0.3) is 5.91 Å². The summed E-state index contributed by atoms with van der Waals surface area (Å²) < 4.78 is 0. The van der Waals surface area contributed by atoms with Gasteiger partial charge in [0.1, 0.15) is 0 Å². The van der Waals surface area contributed by atoms with E-state index in [4.69, 9.17) is 0 Å². The van der Waals surface area contributed by atoms with Crippen LogP contribution in [0.3, 0.4) is 0 Å². The number of nitrogens with zero attached hydrogens (tertiary/aromatic N) is 4. The molecule has 27 heavy (non-hydrogen) atoms. The molecule has 0 aliphatic carbocycles. The SMILES string of the molecule is O=C(c1ccc2ccccc2c1)N1CCN(c2ncccc2[N+](=O)[O-])CC1. The first-order valence-electron chi connectivity index (χ1n) is 8.76. The molecule has 0 N–H and O–H groups in total. The van der Waals surface area contributed by atoms with Gasteiger partial charge >= 0.3 is 5.69 Å². The first-order chi connectivity index (χ1) is 13.1. The van der Waals surface area contributed by atoms with E-state index in [1.807, 2.05) is 47.4 Å². The summed E-state index contributed by atoms with van der Waals surface area (Å²) in [5.41, 5.74) is 0.651. The number of anilines is 1. The van der Waals surface area contributed by atoms with Gasteiger partial charge in [-0.1, -0.05) is 30.3 Å². The van der Waals surface area contributed by atoms with Gasteiger partial charge in [-0.3, -0.25) is 14.9 Å². The molecule has 1 saturated heterocycles. The summed E-state index contributed by atoms with van der Waals surface area (Å²) in [7, 11) is 0. The van der Waals surface area contributed by atoms with Crippen molar-refractivity contribution >= 4 is 28.2 Å². The summed E-state index contributed by atoms with van der Waals surface area (Å²) in [5, 5.41) is 13.3. The molecule has 1 amide bonds. The van der Waals surface area contributed by atoms with Crippen molar-refractivity contribution < 1.29 is 9.72 Å². The number of piperazine rings is 1. The Morgan fingerprint density at radius 2 is 1.70 bits per heavy atom. The van der Waals surface area contributed by atoms with Crippen LogP contribution in [0.15, 0.2) is 60.8 Å². The summed E-state index contributed by atoms with van der Waals surface area (Å²) in [6, 6.07) is 16.7. The zero-order chi connectivity index (χ0) is 18.8. The number of nitro groups is 1. The van der Waals surface area contributed by atoms with E-state index in [2.05, 4.69) is 4.98 Å². The van der Waals surface area contributed by atoms with Crippen LogP contribution in [0.25, 0.3) is 10.8 Å². The van der Waals surface area contributed by atoms with Gasteiger partial charge in [-0.25, -0.2) is 4.98 Å². The highest BCUT2D eigenvalue weighted by molar-refractivity contribution is 5.98. The molecular weight excluding hydrogens is 344 g/mol. The molecule has 0 atom stereocenters. The van der Waals surface area contributed by atoms with Crippen LogP contribution in [0.5, 0.6) is 0 Å². The minimum atomic E-state index is -0.422. The average Bonchev–Trinajstić information content (AvgIpc) is 2.73. The molecule has 0 unspecified atom stereocenters. The highest BCUT2D eigenvalue weighted by Gasteiger charge is 2.27. The molecular formula is C20H18N4O3. The van der Waals surface area contributed by atoms with Crippen molar-refractivity contribution in [1.29, 1.82) is 0 Å². The lowest BCUT2D eigenvalue weighted by molar-refractivity contribution is -0.384. The number of hydrogen-bond acceptors (Lipinski definition) is 5. The third kappa shape index (κ3) is 3.31. The summed E-state index contributed by atoms with van der Waals surface area (Å²) in [4.78, 5) is 31.4. The Hall–Kier alpha value is -3.48. The van der Waals surface area contributed by atoms with Crippen LogP contribution >= 0.6 is 0 Å². The molecule has 0 radical (unpaired) electrons. The molecule has 0 saturated carbocycles. The quantitative estimate of drug-likeness (QED) is 0.528. The second-order valence-corrected chi connectivity index (χ2v) is 6.44. The third-order valence-electron chi connectivity index (χ3n) is 4.83. The van der Waals surface area contributed by atoms with Gasteiger partial charge in [0.15, 0.2) is 0 Å². The summed E-state index contributed by atoms with van der Waals surface area (Å²) in [6.45, 7) is 2.02. The van der Waals surface area contributed by atoms with E-state index in [-0.39, 0.29) is 11.6 Å². The van der Waals surface area contributed by atoms with Crippen molar-refractivity contribution in [3.05, 3.63) is 76.5 Å². The first-order valence-corrected chi connectivity index (χ1v) is 8.76. The van der Waals surface area contributed by atoms with Gasteiger partial charge < -0.3 is 9.80 Å². The Morgan fingerprint density at radius 1 is 0.963 bits per heavy atom. The number of carbonyl (C=O) groups is 1. The number of benzene rings is 2. The predicted molar refractivity (Wildman–Crippen MR) is 103 cm³/mol. The van der Waals surface area contributed by atoms with Gasteiger partial charge in [0, 0.05) is 44.0 Å². The summed E-state index contributed by atoms with van der Waals surface area (Å²) in [6.07, 6.45) is 1.55. The number of fused-ring (bicyclic) bond motifs is 1. The summed E-state index contributed by atoms with van der Waals surface area (Å²) in [5.74, 6) is 0.344. The smallest absolute Gasteiger partial charge is 0.311 e. The lowest BCUT2D eigenvalue weighted by Crippen LogP contribution is -2.49. The highest BCUT2D eigenvalue weighted by Crippen LogP contribution is 2.26. The fourth-order valence-electron chi connectivity index (χ4n) is 3.40. The molecule has 0 spiro atoms. The van der Waals surface area contributed by atoms with Crippen molar-refractivity contribution in [2.24, 2.45) is 0 Å². The van der Waals surface area contributed by atoms with Gasteiger partial charge in [-0.15, -0.1) is 0 Å². The van der Waals surface area contributed by atoms with Crippen LogP contribution in [0.4, 0.5) is 11.5 Å². The Bertz CT molecular complexity index is 1010. The maximum atomic E-state index is 12.8. The lowest BCUT2D eigenvalue weighted by atomic mass is 10.1. The number of rotatable bonds is 3. The van der Waals surface area contributed by atoms with Crippen LogP contribution in [0.2, 0.25) is 0 Å². The number of pyridine rings is 1. The fourth-order valence-corrected chi connectivity index (χ4v) is 3.40. The second-order valence-electron chi connectivity index (χ2n) is 6.44. The summed E-state index contributed by atoms with van der Waals surface area (Å²) >= 11 is 0. The van der Waals surface area contributed by atoms with Crippen LogP contribution in [0.1, 0.15) is 10.4 Å².